The molecule has 0 aliphatic rings. The zero-order valence-corrected chi connectivity index (χ0v) is 33.8. The Kier molecular flexibility index (Phi) is 32.9. The number of carboxylic acids is 1. The minimum Gasteiger partial charge on any atom is -0.544 e. The molecular formula is C46H69NO7. The van der Waals surface area contributed by atoms with Gasteiger partial charge < -0.3 is 28.6 Å². The molecule has 0 bridgehead atoms. The van der Waals surface area contributed by atoms with Crippen molar-refractivity contribution in [3.05, 3.63) is 122 Å². The maximum absolute atomic E-state index is 12.7. The smallest absolute Gasteiger partial charge is 0.306 e. The first-order valence-corrected chi connectivity index (χ1v) is 19.7. The Morgan fingerprint density at radius 2 is 0.981 bits per heavy atom. The number of likely N-dealkylation sites (N-methyl/N-ethyl adjacent to an activating group) is 1. The summed E-state index contributed by atoms with van der Waals surface area (Å²) in [4.78, 5) is 36.7. The third-order valence-corrected chi connectivity index (χ3v) is 7.85. The fraction of sp³-hybridized carbons (Fsp3) is 0.500. The summed E-state index contributed by atoms with van der Waals surface area (Å²) < 4.78 is 17.0. The molecule has 0 radical (unpaired) electrons. The van der Waals surface area contributed by atoms with E-state index in [4.69, 9.17) is 14.2 Å². The lowest BCUT2D eigenvalue weighted by molar-refractivity contribution is -0.889. The van der Waals surface area contributed by atoms with Crippen LogP contribution in [0, 0.1) is 0 Å². The highest BCUT2D eigenvalue weighted by Gasteiger charge is 2.25. The number of quaternary nitrogens is 1. The van der Waals surface area contributed by atoms with Crippen LogP contribution in [-0.4, -0.2) is 75.5 Å². The standard InChI is InChI=1S/C46H69NO7/c1-6-8-10-12-14-16-18-20-22-24-26-28-30-32-34-36-44(48)53-41-42(40-52-39-38-43(46(50)51)47(3,4)5)54-45(49)37-35-33-31-29-27-25-23-21-19-17-15-13-11-9-7-2/h8-27,42-43H,6-7,28-41H2,1-5H3/b10-8+,11-9+,14-12+,15-13+,18-16+,19-17+,22-20+,23-21+,26-24+,27-25+. The molecule has 2 unspecified atom stereocenters. The number of aliphatic carboxylic acids is 1. The van der Waals surface area contributed by atoms with Crippen molar-refractivity contribution < 1.29 is 38.2 Å². The van der Waals surface area contributed by atoms with Crippen molar-refractivity contribution >= 4 is 17.9 Å². The van der Waals surface area contributed by atoms with Gasteiger partial charge in [-0.1, -0.05) is 148 Å². The summed E-state index contributed by atoms with van der Waals surface area (Å²) in [6.45, 7) is 4.23. The van der Waals surface area contributed by atoms with Crippen molar-refractivity contribution in [2.75, 3.05) is 41.0 Å². The normalized spacial score (nSPS) is 14.3. The molecule has 0 rings (SSSR count). The van der Waals surface area contributed by atoms with Crippen molar-refractivity contribution in [1.29, 1.82) is 0 Å². The van der Waals surface area contributed by atoms with Gasteiger partial charge in [0.05, 0.1) is 40.3 Å². The Morgan fingerprint density at radius 1 is 0.556 bits per heavy atom. The molecule has 2 atom stereocenters. The third kappa shape index (κ3) is 33.6. The molecule has 0 heterocycles. The topological polar surface area (TPSA) is 102 Å². The molecule has 8 nitrogen and oxygen atoms in total. The van der Waals surface area contributed by atoms with Gasteiger partial charge in [-0.3, -0.25) is 9.59 Å². The lowest BCUT2D eigenvalue weighted by atomic mass is 10.1. The number of rotatable bonds is 32. The molecule has 0 saturated heterocycles. The second-order valence-electron chi connectivity index (χ2n) is 13.6. The summed E-state index contributed by atoms with van der Waals surface area (Å²) in [6, 6.07) is -0.748. The highest BCUT2D eigenvalue weighted by atomic mass is 16.6. The van der Waals surface area contributed by atoms with Crippen molar-refractivity contribution in [1.82, 2.24) is 0 Å². The first kappa shape index (κ1) is 49.7. The van der Waals surface area contributed by atoms with Gasteiger partial charge in [0.2, 0.25) is 0 Å². The number of hydrogen-bond donors (Lipinski definition) is 0. The predicted molar refractivity (Wildman–Crippen MR) is 221 cm³/mol. The lowest BCUT2D eigenvalue weighted by Gasteiger charge is -2.34. The molecule has 0 N–H and O–H groups in total. The Bertz CT molecular complexity index is 1290. The van der Waals surface area contributed by atoms with Gasteiger partial charge in [-0.05, 0) is 51.4 Å². The van der Waals surface area contributed by atoms with E-state index in [0.29, 0.717) is 12.8 Å². The largest absolute Gasteiger partial charge is 0.544 e. The minimum atomic E-state index is -1.15. The second kappa shape index (κ2) is 35.7. The van der Waals surface area contributed by atoms with Gasteiger partial charge in [0.25, 0.3) is 0 Å². The Balaban J connectivity index is 4.62. The van der Waals surface area contributed by atoms with Crippen molar-refractivity contribution in [2.24, 2.45) is 0 Å². The van der Waals surface area contributed by atoms with E-state index in [1.807, 2.05) is 97.2 Å². The number of carbonyl (C=O) groups excluding carboxylic acids is 3. The SMILES string of the molecule is CC/C=C/C=C/C=C/C=C/C=C/CCCCCC(=O)OCC(COCCC(C(=O)[O-])[N+](C)(C)C)OC(=O)CCCCC/C=C/C=C/C=C/C=C/C=C/CC. The number of hydrogen-bond acceptors (Lipinski definition) is 7. The summed E-state index contributed by atoms with van der Waals surface area (Å²) >= 11 is 0. The average Bonchev–Trinajstić information content (AvgIpc) is 3.12. The molecule has 0 fully saturated rings. The Hall–Kier alpha value is -4.27. The van der Waals surface area contributed by atoms with E-state index in [2.05, 4.69) is 38.2 Å². The van der Waals surface area contributed by atoms with Crippen LogP contribution in [0.1, 0.15) is 97.3 Å². The molecule has 0 aliphatic heterocycles. The molecule has 0 aliphatic carbocycles. The van der Waals surface area contributed by atoms with Crippen LogP contribution in [0.5, 0.6) is 0 Å². The number of carbonyl (C=O) groups is 3. The molecule has 300 valence electrons. The van der Waals surface area contributed by atoms with Crippen LogP contribution in [0.25, 0.3) is 0 Å². The van der Waals surface area contributed by atoms with Gasteiger partial charge in [-0.15, -0.1) is 0 Å². The van der Waals surface area contributed by atoms with Crippen LogP contribution in [0.2, 0.25) is 0 Å². The quantitative estimate of drug-likeness (QED) is 0.0293. The first-order chi connectivity index (χ1) is 26.1. The van der Waals surface area contributed by atoms with E-state index in [-0.39, 0.29) is 55.5 Å². The molecule has 0 aromatic rings. The maximum Gasteiger partial charge on any atom is 0.306 e. The molecule has 54 heavy (non-hydrogen) atoms. The summed E-state index contributed by atoms with van der Waals surface area (Å²) in [7, 11) is 5.35. The molecule has 0 aromatic heterocycles. The number of allylic oxidation sites excluding steroid dienone is 20. The van der Waals surface area contributed by atoms with E-state index in [9.17, 15) is 19.5 Å². The van der Waals surface area contributed by atoms with E-state index in [0.717, 1.165) is 51.4 Å². The fourth-order valence-corrected chi connectivity index (χ4v) is 4.82. The third-order valence-electron chi connectivity index (χ3n) is 7.85. The van der Waals surface area contributed by atoms with Gasteiger partial charge in [0, 0.05) is 19.3 Å². The second-order valence-corrected chi connectivity index (χ2v) is 13.6. The zero-order valence-electron chi connectivity index (χ0n) is 33.8. The van der Waals surface area contributed by atoms with E-state index < -0.39 is 18.1 Å². The van der Waals surface area contributed by atoms with Gasteiger partial charge >= 0.3 is 11.9 Å². The van der Waals surface area contributed by atoms with Gasteiger partial charge in [0.1, 0.15) is 12.6 Å². The highest BCUT2D eigenvalue weighted by Crippen LogP contribution is 2.11. The Morgan fingerprint density at radius 3 is 1.41 bits per heavy atom. The minimum absolute atomic E-state index is 0.000794. The first-order valence-electron chi connectivity index (χ1n) is 19.7. The van der Waals surface area contributed by atoms with Crippen LogP contribution in [0.4, 0.5) is 0 Å². The number of ether oxygens (including phenoxy) is 3. The molecular weight excluding hydrogens is 679 g/mol. The maximum atomic E-state index is 12.7. The van der Waals surface area contributed by atoms with Crippen LogP contribution in [0.15, 0.2) is 122 Å². The van der Waals surface area contributed by atoms with Gasteiger partial charge in [0.15, 0.2) is 6.10 Å². The molecule has 0 spiro atoms. The Labute approximate surface area is 327 Å². The van der Waals surface area contributed by atoms with Crippen molar-refractivity contribution in [3.8, 4) is 0 Å². The zero-order chi connectivity index (χ0) is 40.0. The monoisotopic (exact) mass is 748 g/mol. The molecule has 8 heteroatoms. The molecule has 0 saturated carbocycles. The fourth-order valence-electron chi connectivity index (χ4n) is 4.82. The summed E-state index contributed by atoms with van der Waals surface area (Å²) in [5.41, 5.74) is 0. The number of carboxylic acid groups (broad SMARTS) is 1. The molecule has 0 aromatic carbocycles. The van der Waals surface area contributed by atoms with E-state index >= 15 is 0 Å². The number of nitrogens with zero attached hydrogens (tertiary/aromatic N) is 1. The van der Waals surface area contributed by atoms with Crippen LogP contribution in [-0.2, 0) is 28.6 Å². The lowest BCUT2D eigenvalue weighted by Crippen LogP contribution is -2.55. The van der Waals surface area contributed by atoms with E-state index in [1.165, 1.54) is 0 Å². The average molecular weight is 748 g/mol. The summed E-state index contributed by atoms with van der Waals surface area (Å²) in [6.07, 6.45) is 49.4. The summed E-state index contributed by atoms with van der Waals surface area (Å²) in [5.74, 6) is -1.87. The number of esters is 2. The van der Waals surface area contributed by atoms with Crippen LogP contribution >= 0.6 is 0 Å². The van der Waals surface area contributed by atoms with Crippen molar-refractivity contribution in [3.63, 3.8) is 0 Å². The van der Waals surface area contributed by atoms with Crippen molar-refractivity contribution in [2.45, 2.75) is 109 Å². The number of unbranched alkanes of at least 4 members (excludes halogenated alkanes) is 6. The van der Waals surface area contributed by atoms with Crippen LogP contribution in [0.3, 0.4) is 0 Å². The van der Waals surface area contributed by atoms with Gasteiger partial charge in [-0.25, -0.2) is 0 Å². The highest BCUT2D eigenvalue weighted by molar-refractivity contribution is 5.70. The van der Waals surface area contributed by atoms with Gasteiger partial charge in [-0.2, -0.15) is 0 Å². The predicted octanol–water partition coefficient (Wildman–Crippen LogP) is 8.96. The van der Waals surface area contributed by atoms with Crippen LogP contribution < -0.4 is 5.11 Å². The summed E-state index contributed by atoms with van der Waals surface area (Å²) in [5, 5.41) is 11.6. The van der Waals surface area contributed by atoms with E-state index in [1.54, 1.807) is 21.1 Å². The molecule has 0 amide bonds.